The third-order valence-corrected chi connectivity index (χ3v) is 2.87. The summed E-state index contributed by atoms with van der Waals surface area (Å²) in [4.78, 5) is 13.4. The highest BCUT2D eigenvalue weighted by Crippen LogP contribution is 2.35. The largest absolute Gasteiger partial charge is 0.497 e. The van der Waals surface area contributed by atoms with Crippen LogP contribution in [0.1, 0.15) is 5.56 Å². The van der Waals surface area contributed by atoms with Gasteiger partial charge in [0.1, 0.15) is 17.5 Å². The van der Waals surface area contributed by atoms with Gasteiger partial charge in [0.25, 0.3) is 0 Å². The van der Waals surface area contributed by atoms with Gasteiger partial charge in [-0.15, -0.1) is 0 Å². The van der Waals surface area contributed by atoms with Crippen LogP contribution in [0.2, 0.25) is 0 Å². The first-order chi connectivity index (χ1) is 8.96. The van der Waals surface area contributed by atoms with Crippen molar-refractivity contribution in [3.8, 4) is 11.5 Å². The van der Waals surface area contributed by atoms with Crippen LogP contribution >= 0.6 is 0 Å². The number of amides is 1. The third-order valence-electron chi connectivity index (χ3n) is 2.87. The summed E-state index contributed by atoms with van der Waals surface area (Å²) in [6.07, 6.45) is 0. The molecule has 1 aromatic rings. The van der Waals surface area contributed by atoms with E-state index in [2.05, 4.69) is 0 Å². The van der Waals surface area contributed by atoms with Crippen molar-refractivity contribution in [3.63, 3.8) is 0 Å². The molecular formula is C13H20N2O4. The number of rotatable bonds is 5. The number of likely N-dealkylation sites (N-methyl/N-ethyl adjacent to an activating group) is 1. The zero-order chi connectivity index (χ0) is 14.6. The van der Waals surface area contributed by atoms with Crippen LogP contribution in [0.3, 0.4) is 0 Å². The number of methoxy groups -OCH3 is 2. The predicted molar refractivity (Wildman–Crippen MR) is 72.8 cm³/mol. The van der Waals surface area contributed by atoms with E-state index in [4.69, 9.17) is 20.3 Å². The number of nitrogens with two attached hydrogens (primary N) is 1. The van der Waals surface area contributed by atoms with E-state index in [1.165, 1.54) is 12.0 Å². The average Bonchev–Trinajstić information content (AvgIpc) is 2.43. The first-order valence-corrected chi connectivity index (χ1v) is 5.82. The first-order valence-electron chi connectivity index (χ1n) is 5.82. The van der Waals surface area contributed by atoms with Crippen molar-refractivity contribution in [2.24, 2.45) is 5.73 Å². The molecule has 0 bridgehead atoms. The molecule has 1 rings (SSSR count). The van der Waals surface area contributed by atoms with Gasteiger partial charge in [0, 0.05) is 13.1 Å². The number of anilines is 1. The second-order valence-corrected chi connectivity index (χ2v) is 4.18. The molecule has 0 saturated heterocycles. The van der Waals surface area contributed by atoms with Gasteiger partial charge >= 0.3 is 0 Å². The molecule has 1 atom stereocenters. The van der Waals surface area contributed by atoms with Gasteiger partial charge < -0.3 is 25.2 Å². The molecule has 0 radical (unpaired) electrons. The Kier molecular flexibility index (Phi) is 5.14. The molecule has 0 aliphatic heterocycles. The quantitative estimate of drug-likeness (QED) is 0.802. The molecule has 1 unspecified atom stereocenters. The Morgan fingerprint density at radius 2 is 2.05 bits per heavy atom. The number of ether oxygens (including phenoxy) is 2. The standard InChI is InChI=1S/C13H20N2O4/c1-8-5-9(18-3)6-11(19-4)12(8)15(2)13(17)10(14)7-16/h5-6,10,16H,7,14H2,1-4H3. The van der Waals surface area contributed by atoms with Crippen LogP contribution in [0, 0.1) is 6.92 Å². The number of nitrogens with zero attached hydrogens (tertiary/aromatic N) is 1. The van der Waals surface area contributed by atoms with Gasteiger partial charge in [-0.2, -0.15) is 0 Å². The Bertz CT molecular complexity index is 462. The summed E-state index contributed by atoms with van der Waals surface area (Å²) in [5, 5.41) is 8.96. The Morgan fingerprint density at radius 1 is 1.42 bits per heavy atom. The van der Waals surface area contributed by atoms with Crippen LogP contribution in [0.5, 0.6) is 11.5 Å². The number of carbonyl (C=O) groups excluding carboxylic acids is 1. The van der Waals surface area contributed by atoms with Crippen LogP contribution in [0.25, 0.3) is 0 Å². The summed E-state index contributed by atoms with van der Waals surface area (Å²) in [5.41, 5.74) is 6.97. The van der Waals surface area contributed by atoms with E-state index in [1.54, 1.807) is 26.3 Å². The summed E-state index contributed by atoms with van der Waals surface area (Å²) >= 11 is 0. The fourth-order valence-corrected chi connectivity index (χ4v) is 1.86. The number of hydrogen-bond donors (Lipinski definition) is 2. The Morgan fingerprint density at radius 3 is 2.53 bits per heavy atom. The van der Waals surface area contributed by atoms with E-state index >= 15 is 0 Å². The van der Waals surface area contributed by atoms with Crippen LogP contribution in [-0.4, -0.2) is 44.9 Å². The second-order valence-electron chi connectivity index (χ2n) is 4.18. The second kappa shape index (κ2) is 6.40. The Balaban J connectivity index is 3.22. The maximum absolute atomic E-state index is 12.0. The van der Waals surface area contributed by atoms with Crippen LogP contribution < -0.4 is 20.1 Å². The van der Waals surface area contributed by atoms with Gasteiger partial charge in [-0.3, -0.25) is 4.79 Å². The number of hydrogen-bond acceptors (Lipinski definition) is 5. The van der Waals surface area contributed by atoms with Crippen molar-refractivity contribution in [2.45, 2.75) is 13.0 Å². The summed E-state index contributed by atoms with van der Waals surface area (Å²) in [5.74, 6) is 0.775. The normalized spacial score (nSPS) is 11.9. The van der Waals surface area contributed by atoms with E-state index < -0.39 is 12.6 Å². The summed E-state index contributed by atoms with van der Waals surface area (Å²) in [6.45, 7) is 1.44. The summed E-state index contributed by atoms with van der Waals surface area (Å²) in [6, 6.07) is 2.54. The average molecular weight is 268 g/mol. The molecule has 1 aromatic carbocycles. The maximum Gasteiger partial charge on any atom is 0.246 e. The van der Waals surface area contributed by atoms with Crippen LogP contribution in [0.4, 0.5) is 5.69 Å². The number of benzene rings is 1. The van der Waals surface area contributed by atoms with E-state index in [-0.39, 0.29) is 5.91 Å². The Labute approximate surface area is 112 Å². The molecule has 0 saturated carbocycles. The minimum absolute atomic E-state index is 0.380. The third kappa shape index (κ3) is 3.15. The van der Waals surface area contributed by atoms with Crippen molar-refractivity contribution in [2.75, 3.05) is 32.8 Å². The van der Waals surface area contributed by atoms with Crippen molar-refractivity contribution >= 4 is 11.6 Å². The van der Waals surface area contributed by atoms with E-state index in [0.717, 1.165) is 5.56 Å². The first kappa shape index (κ1) is 15.3. The number of aliphatic hydroxyl groups is 1. The van der Waals surface area contributed by atoms with Gasteiger partial charge in [-0.25, -0.2) is 0 Å². The topological polar surface area (TPSA) is 85.0 Å². The number of aryl methyl sites for hydroxylation is 1. The van der Waals surface area contributed by atoms with Gasteiger partial charge in [-0.1, -0.05) is 0 Å². The molecule has 6 nitrogen and oxygen atoms in total. The Hall–Kier alpha value is -1.79. The molecule has 3 N–H and O–H groups in total. The van der Waals surface area contributed by atoms with Crippen molar-refractivity contribution < 1.29 is 19.4 Å². The molecule has 6 heteroatoms. The molecule has 0 heterocycles. The van der Waals surface area contributed by atoms with E-state index in [9.17, 15) is 4.79 Å². The monoisotopic (exact) mass is 268 g/mol. The lowest BCUT2D eigenvalue weighted by molar-refractivity contribution is -0.120. The highest BCUT2D eigenvalue weighted by Gasteiger charge is 2.23. The van der Waals surface area contributed by atoms with Gasteiger partial charge in [0.15, 0.2) is 0 Å². The maximum atomic E-state index is 12.0. The highest BCUT2D eigenvalue weighted by atomic mass is 16.5. The fraction of sp³-hybridized carbons (Fsp3) is 0.462. The molecular weight excluding hydrogens is 248 g/mol. The summed E-state index contributed by atoms with van der Waals surface area (Å²) in [7, 11) is 4.67. The smallest absolute Gasteiger partial charge is 0.246 e. The van der Waals surface area contributed by atoms with Crippen molar-refractivity contribution in [1.82, 2.24) is 0 Å². The molecule has 0 aliphatic rings. The van der Waals surface area contributed by atoms with Gasteiger partial charge in [0.2, 0.25) is 5.91 Å². The lowest BCUT2D eigenvalue weighted by Gasteiger charge is -2.24. The molecule has 1 amide bonds. The molecule has 0 aliphatic carbocycles. The zero-order valence-corrected chi connectivity index (χ0v) is 11.6. The molecule has 106 valence electrons. The zero-order valence-electron chi connectivity index (χ0n) is 11.6. The molecule has 19 heavy (non-hydrogen) atoms. The fourth-order valence-electron chi connectivity index (χ4n) is 1.86. The lowest BCUT2D eigenvalue weighted by atomic mass is 10.1. The number of carbonyl (C=O) groups is 1. The molecule has 0 fully saturated rings. The highest BCUT2D eigenvalue weighted by molar-refractivity contribution is 5.98. The lowest BCUT2D eigenvalue weighted by Crippen LogP contribution is -2.44. The molecule has 0 spiro atoms. The predicted octanol–water partition coefficient (Wildman–Crippen LogP) is 0.295. The van der Waals surface area contributed by atoms with Gasteiger partial charge in [0.05, 0.1) is 26.5 Å². The minimum atomic E-state index is -0.948. The molecule has 0 aromatic heterocycles. The summed E-state index contributed by atoms with van der Waals surface area (Å²) < 4.78 is 10.4. The van der Waals surface area contributed by atoms with Crippen molar-refractivity contribution in [3.05, 3.63) is 17.7 Å². The number of aliphatic hydroxyl groups excluding tert-OH is 1. The van der Waals surface area contributed by atoms with Crippen LogP contribution in [-0.2, 0) is 4.79 Å². The van der Waals surface area contributed by atoms with Crippen molar-refractivity contribution in [1.29, 1.82) is 0 Å². The van der Waals surface area contributed by atoms with Crippen LogP contribution in [0.15, 0.2) is 12.1 Å². The van der Waals surface area contributed by atoms with Gasteiger partial charge in [-0.05, 0) is 18.6 Å². The van der Waals surface area contributed by atoms with E-state index in [0.29, 0.717) is 17.2 Å². The SMILES string of the molecule is COc1cc(C)c(N(C)C(=O)C(N)CO)c(OC)c1. The minimum Gasteiger partial charge on any atom is -0.497 e. The van der Waals surface area contributed by atoms with E-state index in [1.807, 2.05) is 6.92 Å².